The van der Waals surface area contributed by atoms with Gasteiger partial charge in [0.1, 0.15) is 5.69 Å². The molecular weight excluding hydrogens is 223 g/mol. The Morgan fingerprint density at radius 2 is 2.06 bits per heavy atom. The van der Waals surface area contributed by atoms with Gasteiger partial charge in [-0.15, -0.1) is 0 Å². The molecule has 0 aliphatic rings. The van der Waals surface area contributed by atoms with Crippen LogP contribution in [-0.4, -0.2) is 22.1 Å². The van der Waals surface area contributed by atoms with Crippen molar-refractivity contribution in [1.29, 1.82) is 0 Å². The highest BCUT2D eigenvalue weighted by molar-refractivity contribution is 5.53. The molecule has 0 radical (unpaired) electrons. The van der Waals surface area contributed by atoms with Crippen molar-refractivity contribution >= 4 is 5.69 Å². The third-order valence-corrected chi connectivity index (χ3v) is 2.19. The molecule has 2 N–H and O–H groups in total. The van der Waals surface area contributed by atoms with Gasteiger partial charge < -0.3 is 10.5 Å². The van der Waals surface area contributed by atoms with Crippen LogP contribution >= 0.6 is 0 Å². The van der Waals surface area contributed by atoms with E-state index in [0.717, 1.165) is 6.92 Å². The molecule has 7 heteroatoms. The maximum absolute atomic E-state index is 12.3. The van der Waals surface area contributed by atoms with E-state index in [1.807, 2.05) is 6.92 Å². The highest BCUT2D eigenvalue weighted by atomic mass is 19.4. The van der Waals surface area contributed by atoms with E-state index in [1.165, 1.54) is 11.7 Å². The van der Waals surface area contributed by atoms with E-state index >= 15 is 0 Å². The maximum Gasteiger partial charge on any atom is 0.425 e. The first-order chi connectivity index (χ1) is 7.27. The molecule has 1 aromatic rings. The number of alkyl halides is 3. The van der Waals surface area contributed by atoms with Crippen molar-refractivity contribution in [2.24, 2.45) is 7.05 Å². The van der Waals surface area contributed by atoms with Crippen molar-refractivity contribution in [3.63, 3.8) is 0 Å². The monoisotopic (exact) mass is 237 g/mol. The van der Waals surface area contributed by atoms with Crippen molar-refractivity contribution in [1.82, 2.24) is 9.78 Å². The molecule has 0 saturated heterocycles. The van der Waals surface area contributed by atoms with Gasteiger partial charge in [-0.1, -0.05) is 6.92 Å². The predicted octanol–water partition coefficient (Wildman–Crippen LogP) is 1.89. The van der Waals surface area contributed by atoms with Crippen LogP contribution in [-0.2, 0) is 13.5 Å². The molecule has 16 heavy (non-hydrogen) atoms. The molecule has 0 aliphatic carbocycles. The number of ether oxygens (including phenoxy) is 1. The first-order valence-electron chi connectivity index (χ1n) is 4.82. The summed E-state index contributed by atoms with van der Waals surface area (Å²) in [5.74, 6) is -0.0401. The lowest BCUT2D eigenvalue weighted by Gasteiger charge is -2.17. The summed E-state index contributed by atoms with van der Waals surface area (Å²) in [6.07, 6.45) is -5.78. The quantitative estimate of drug-likeness (QED) is 0.873. The fourth-order valence-electron chi connectivity index (χ4n) is 1.21. The van der Waals surface area contributed by atoms with Crippen molar-refractivity contribution in [2.45, 2.75) is 32.5 Å². The number of hydrogen-bond acceptors (Lipinski definition) is 3. The van der Waals surface area contributed by atoms with E-state index in [4.69, 9.17) is 10.5 Å². The number of anilines is 1. The average Bonchev–Trinajstić information content (AvgIpc) is 2.43. The van der Waals surface area contributed by atoms with Crippen LogP contribution < -0.4 is 10.5 Å². The standard InChI is InChI=1S/C9H14F3N3O/c1-4-6-7(13)8(15(3)14-6)16-5(2)9(10,11)12/h5H,4,13H2,1-3H3. The first kappa shape index (κ1) is 12.7. The Balaban J connectivity index is 2.93. The lowest BCUT2D eigenvalue weighted by atomic mass is 10.3. The molecule has 0 fully saturated rings. The minimum Gasteiger partial charge on any atom is -0.464 e. The fraction of sp³-hybridized carbons (Fsp3) is 0.667. The van der Waals surface area contributed by atoms with Gasteiger partial charge in [-0.2, -0.15) is 18.3 Å². The summed E-state index contributed by atoms with van der Waals surface area (Å²) in [6, 6.07) is 0. The second kappa shape index (κ2) is 4.23. The topological polar surface area (TPSA) is 53.1 Å². The van der Waals surface area contributed by atoms with Gasteiger partial charge in [0.05, 0.1) is 5.69 Å². The van der Waals surface area contributed by atoms with Crippen LogP contribution in [0.15, 0.2) is 0 Å². The van der Waals surface area contributed by atoms with E-state index in [2.05, 4.69) is 5.10 Å². The Kier molecular flexibility index (Phi) is 3.35. The van der Waals surface area contributed by atoms with Crippen LogP contribution in [0.25, 0.3) is 0 Å². The Labute approximate surface area is 91.2 Å². The molecule has 0 amide bonds. The number of halogens is 3. The number of aryl methyl sites for hydroxylation is 2. The minimum atomic E-state index is -4.41. The number of hydrogen-bond donors (Lipinski definition) is 1. The smallest absolute Gasteiger partial charge is 0.425 e. The van der Waals surface area contributed by atoms with Gasteiger partial charge in [0.25, 0.3) is 0 Å². The molecule has 1 aromatic heterocycles. The van der Waals surface area contributed by atoms with Gasteiger partial charge in [-0.3, -0.25) is 0 Å². The molecule has 4 nitrogen and oxygen atoms in total. The summed E-state index contributed by atoms with van der Waals surface area (Å²) in [4.78, 5) is 0. The average molecular weight is 237 g/mol. The molecule has 0 aromatic carbocycles. The van der Waals surface area contributed by atoms with Gasteiger partial charge in [0.15, 0.2) is 6.10 Å². The zero-order valence-corrected chi connectivity index (χ0v) is 9.30. The summed E-state index contributed by atoms with van der Waals surface area (Å²) < 4.78 is 42.9. The zero-order chi connectivity index (χ0) is 12.5. The van der Waals surface area contributed by atoms with Crippen molar-refractivity contribution < 1.29 is 17.9 Å². The number of rotatable bonds is 3. The summed E-state index contributed by atoms with van der Waals surface area (Å²) in [6.45, 7) is 2.74. The summed E-state index contributed by atoms with van der Waals surface area (Å²) >= 11 is 0. The number of nitrogen functional groups attached to an aromatic ring is 1. The third kappa shape index (κ3) is 2.40. The summed E-state index contributed by atoms with van der Waals surface area (Å²) in [5, 5.41) is 3.96. The highest BCUT2D eigenvalue weighted by Gasteiger charge is 2.39. The molecule has 0 aliphatic heterocycles. The summed E-state index contributed by atoms with van der Waals surface area (Å²) in [7, 11) is 1.49. The Bertz CT molecular complexity index is 373. The second-order valence-electron chi connectivity index (χ2n) is 3.44. The van der Waals surface area contributed by atoms with Crippen molar-refractivity contribution in [2.75, 3.05) is 5.73 Å². The van der Waals surface area contributed by atoms with Gasteiger partial charge in [-0.05, 0) is 13.3 Å². The van der Waals surface area contributed by atoms with Crippen LogP contribution in [0, 0.1) is 0 Å². The van der Waals surface area contributed by atoms with E-state index in [-0.39, 0.29) is 11.6 Å². The Morgan fingerprint density at radius 1 is 1.50 bits per heavy atom. The second-order valence-corrected chi connectivity index (χ2v) is 3.44. The molecule has 0 saturated carbocycles. The minimum absolute atomic E-state index is 0.0401. The molecule has 0 bridgehead atoms. The lowest BCUT2D eigenvalue weighted by Crippen LogP contribution is -2.32. The SMILES string of the molecule is CCc1nn(C)c(OC(C)C(F)(F)F)c1N. The molecule has 1 heterocycles. The Morgan fingerprint density at radius 3 is 2.44 bits per heavy atom. The number of nitrogens with zero attached hydrogens (tertiary/aromatic N) is 2. The van der Waals surface area contributed by atoms with Gasteiger partial charge >= 0.3 is 6.18 Å². The lowest BCUT2D eigenvalue weighted by molar-refractivity contribution is -0.190. The van der Waals surface area contributed by atoms with Crippen molar-refractivity contribution in [3.8, 4) is 5.88 Å². The zero-order valence-electron chi connectivity index (χ0n) is 9.30. The predicted molar refractivity (Wildman–Crippen MR) is 53.1 cm³/mol. The highest BCUT2D eigenvalue weighted by Crippen LogP contribution is 2.30. The number of nitrogens with two attached hydrogens (primary N) is 1. The first-order valence-corrected chi connectivity index (χ1v) is 4.82. The van der Waals surface area contributed by atoms with Gasteiger partial charge in [-0.25, -0.2) is 4.68 Å². The van der Waals surface area contributed by atoms with Crippen LogP contribution in [0.5, 0.6) is 5.88 Å². The van der Waals surface area contributed by atoms with Gasteiger partial charge in [0.2, 0.25) is 5.88 Å². The number of aromatic nitrogens is 2. The molecule has 92 valence electrons. The molecular formula is C9H14F3N3O. The normalized spacial score (nSPS) is 13.9. The molecule has 1 atom stereocenters. The van der Waals surface area contributed by atoms with Crippen LogP contribution in [0.2, 0.25) is 0 Å². The van der Waals surface area contributed by atoms with Crippen LogP contribution in [0.1, 0.15) is 19.5 Å². The molecule has 0 spiro atoms. The van der Waals surface area contributed by atoms with Crippen LogP contribution in [0.4, 0.5) is 18.9 Å². The van der Waals surface area contributed by atoms with Crippen LogP contribution in [0.3, 0.4) is 0 Å². The van der Waals surface area contributed by atoms with E-state index in [0.29, 0.717) is 12.1 Å². The van der Waals surface area contributed by atoms with Crippen molar-refractivity contribution in [3.05, 3.63) is 5.69 Å². The molecule has 1 rings (SSSR count). The largest absolute Gasteiger partial charge is 0.464 e. The Hall–Kier alpha value is -1.40. The van der Waals surface area contributed by atoms with E-state index in [1.54, 1.807) is 0 Å². The van der Waals surface area contributed by atoms with Gasteiger partial charge in [0, 0.05) is 7.05 Å². The third-order valence-electron chi connectivity index (χ3n) is 2.19. The maximum atomic E-state index is 12.3. The molecule has 1 unspecified atom stereocenters. The fourth-order valence-corrected chi connectivity index (χ4v) is 1.21. The van der Waals surface area contributed by atoms with E-state index in [9.17, 15) is 13.2 Å². The summed E-state index contributed by atoms with van der Waals surface area (Å²) in [5.41, 5.74) is 6.33. The van der Waals surface area contributed by atoms with E-state index < -0.39 is 12.3 Å².